The minimum atomic E-state index is -4.01. The molecule has 2 aliphatic heterocycles. The molecule has 1 unspecified atom stereocenters. The summed E-state index contributed by atoms with van der Waals surface area (Å²) >= 11 is 0. The van der Waals surface area contributed by atoms with E-state index in [1.165, 1.54) is 9.80 Å². The maximum atomic E-state index is 15.3. The highest BCUT2D eigenvalue weighted by molar-refractivity contribution is 7.91. The maximum absolute atomic E-state index is 15.3. The number of fused-ring (bicyclic) bond motifs is 4. The highest BCUT2D eigenvalue weighted by Gasteiger charge is 2.63. The molecule has 8 rings (SSSR count). The van der Waals surface area contributed by atoms with Gasteiger partial charge in [-0.3, -0.25) is 24.0 Å². The molecule has 1 aromatic carbocycles. The smallest absolute Gasteiger partial charge is 0.408 e. The molecular weight excluding hydrogens is 763 g/mol. The second kappa shape index (κ2) is 15.3. The van der Waals surface area contributed by atoms with E-state index in [1.807, 2.05) is 50.3 Å². The van der Waals surface area contributed by atoms with Crippen molar-refractivity contribution < 1.29 is 42.2 Å². The molecule has 0 spiro atoms. The zero-order chi connectivity index (χ0) is 41.1. The van der Waals surface area contributed by atoms with Crippen LogP contribution in [-0.2, 0) is 24.4 Å². The molecule has 5 fully saturated rings. The lowest BCUT2D eigenvalue weighted by Crippen LogP contribution is -2.61. The lowest BCUT2D eigenvalue weighted by molar-refractivity contribution is -0.145. The van der Waals surface area contributed by atoms with Gasteiger partial charge in [0.2, 0.25) is 27.7 Å². The fraction of sp³-hybridized carbons (Fsp3) is 0.651. The van der Waals surface area contributed by atoms with E-state index in [1.54, 1.807) is 13.1 Å². The summed E-state index contributed by atoms with van der Waals surface area (Å²) in [6, 6.07) is 5.04. The van der Waals surface area contributed by atoms with Crippen LogP contribution in [0.4, 0.5) is 4.79 Å². The van der Waals surface area contributed by atoms with Crippen molar-refractivity contribution in [2.75, 3.05) is 13.2 Å². The normalized spacial score (nSPS) is 34.6. The van der Waals surface area contributed by atoms with Crippen LogP contribution in [0.1, 0.15) is 98.3 Å². The summed E-state index contributed by atoms with van der Waals surface area (Å²) in [7, 11) is -4.01. The van der Waals surface area contributed by atoms with Crippen LogP contribution in [0.15, 0.2) is 42.6 Å². The number of benzene rings is 1. The van der Waals surface area contributed by atoms with Crippen LogP contribution < -0.4 is 19.5 Å². The largest absolute Gasteiger partial charge is 0.491 e. The molecule has 0 radical (unpaired) electrons. The van der Waals surface area contributed by atoms with E-state index < -0.39 is 68.2 Å². The van der Waals surface area contributed by atoms with Crippen molar-refractivity contribution in [2.24, 2.45) is 29.6 Å². The molecule has 4 amide bonds. The third-order valence-electron chi connectivity index (χ3n) is 13.8. The van der Waals surface area contributed by atoms with Crippen LogP contribution >= 0.6 is 0 Å². The molecule has 0 bridgehead atoms. The molecule has 15 heteroatoms. The van der Waals surface area contributed by atoms with Crippen molar-refractivity contribution >= 4 is 44.6 Å². The molecule has 10 atom stereocenters. The number of amides is 4. The molecule has 3 N–H and O–H groups in total. The van der Waals surface area contributed by atoms with E-state index in [0.29, 0.717) is 74.0 Å². The molecular formula is C43H57N5O9S. The fourth-order valence-electron chi connectivity index (χ4n) is 9.90. The van der Waals surface area contributed by atoms with Crippen LogP contribution in [0, 0.1) is 29.6 Å². The molecule has 1 saturated heterocycles. The highest BCUT2D eigenvalue weighted by Crippen LogP contribution is 2.54. The SMILES string of the molecule is CCCOc1cnc(O[C@@H]2C[C@H]3C(=O)N[C@]4(C(=O)NS(=O)(=O)C5(C)CC5)C[C@H]4/C=C\CC[C@@H](C)C[C@@H](C)[C@H](N(C(=O)O)[C@H]4CC5C[C@H]5C4)C(=O)N3C2)c2ccccc12. The first-order valence-electron chi connectivity index (χ1n) is 21.2. The van der Waals surface area contributed by atoms with E-state index in [9.17, 15) is 27.9 Å². The number of carbonyl (C=O) groups excluding carboxylic acids is 3. The van der Waals surface area contributed by atoms with Crippen molar-refractivity contribution in [3.05, 3.63) is 42.6 Å². The quantitative estimate of drug-likeness (QED) is 0.262. The number of carbonyl (C=O) groups is 4. The molecule has 3 heterocycles. The summed E-state index contributed by atoms with van der Waals surface area (Å²) < 4.78 is 40.3. The summed E-state index contributed by atoms with van der Waals surface area (Å²) in [4.78, 5) is 64.7. The van der Waals surface area contributed by atoms with Gasteiger partial charge in [-0.25, -0.2) is 18.2 Å². The number of aromatic nitrogens is 1. The van der Waals surface area contributed by atoms with Gasteiger partial charge in [0.05, 0.1) is 24.1 Å². The Morgan fingerprint density at radius 1 is 1.07 bits per heavy atom. The number of nitrogens with one attached hydrogen (secondary N) is 2. The molecule has 2 aromatic rings. The monoisotopic (exact) mass is 819 g/mol. The number of rotatable bonds is 10. The van der Waals surface area contributed by atoms with Crippen molar-refractivity contribution in [1.29, 1.82) is 0 Å². The summed E-state index contributed by atoms with van der Waals surface area (Å²) in [5, 5.41) is 15.3. The second-order valence-corrected chi connectivity index (χ2v) is 20.5. The topological polar surface area (TPSA) is 185 Å². The lowest BCUT2D eigenvalue weighted by atomic mass is 9.86. The first-order chi connectivity index (χ1) is 27.6. The van der Waals surface area contributed by atoms with Gasteiger partial charge in [-0.2, -0.15) is 0 Å². The maximum Gasteiger partial charge on any atom is 0.408 e. The Balaban J connectivity index is 1.15. The van der Waals surface area contributed by atoms with Gasteiger partial charge < -0.3 is 24.8 Å². The van der Waals surface area contributed by atoms with Crippen LogP contribution in [0.5, 0.6) is 11.6 Å². The third kappa shape index (κ3) is 7.63. The van der Waals surface area contributed by atoms with Gasteiger partial charge >= 0.3 is 6.09 Å². The van der Waals surface area contributed by atoms with Gasteiger partial charge in [-0.05, 0) is 101 Å². The Bertz CT molecular complexity index is 2100. The Morgan fingerprint density at radius 2 is 1.79 bits per heavy atom. The van der Waals surface area contributed by atoms with Gasteiger partial charge in [0.15, 0.2) is 0 Å². The van der Waals surface area contributed by atoms with Crippen LogP contribution in [0.3, 0.4) is 0 Å². The average molecular weight is 820 g/mol. The molecule has 58 heavy (non-hydrogen) atoms. The van der Waals surface area contributed by atoms with Crippen LogP contribution in [0.2, 0.25) is 0 Å². The minimum absolute atomic E-state index is 0.0293. The molecule has 4 aliphatic carbocycles. The number of nitrogens with zero attached hydrogens (tertiary/aromatic N) is 3. The van der Waals surface area contributed by atoms with Gasteiger partial charge in [0.1, 0.15) is 29.5 Å². The van der Waals surface area contributed by atoms with E-state index in [0.717, 1.165) is 24.6 Å². The molecule has 1 aromatic heterocycles. The number of allylic oxidation sites excluding steroid dienone is 1. The number of sulfonamides is 1. The van der Waals surface area contributed by atoms with Crippen molar-refractivity contribution in [2.45, 2.75) is 133 Å². The number of hydrogen-bond donors (Lipinski definition) is 3. The van der Waals surface area contributed by atoms with E-state index >= 15 is 4.79 Å². The fourth-order valence-corrected chi connectivity index (χ4v) is 11.2. The average Bonchev–Trinajstić information content (AvgIpc) is 4.14. The summed E-state index contributed by atoms with van der Waals surface area (Å²) in [6.07, 6.45) is 10.0. The van der Waals surface area contributed by atoms with E-state index in [4.69, 9.17) is 9.47 Å². The second-order valence-electron chi connectivity index (χ2n) is 18.3. The highest BCUT2D eigenvalue weighted by atomic mass is 32.2. The number of pyridine rings is 1. The first-order valence-corrected chi connectivity index (χ1v) is 22.7. The van der Waals surface area contributed by atoms with Gasteiger partial charge in [0.25, 0.3) is 5.91 Å². The van der Waals surface area contributed by atoms with E-state index in [-0.39, 0.29) is 37.3 Å². The predicted molar refractivity (Wildman–Crippen MR) is 215 cm³/mol. The predicted octanol–water partition coefficient (Wildman–Crippen LogP) is 5.40. The first kappa shape index (κ1) is 40.4. The zero-order valence-electron chi connectivity index (χ0n) is 33.9. The van der Waals surface area contributed by atoms with E-state index in [2.05, 4.69) is 21.9 Å². The number of ether oxygens (including phenoxy) is 2. The summed E-state index contributed by atoms with van der Waals surface area (Å²) in [5.74, 6) is -0.733. The lowest BCUT2D eigenvalue weighted by Gasteiger charge is -2.40. The number of carboxylic acid groups (broad SMARTS) is 1. The van der Waals surface area contributed by atoms with Crippen molar-refractivity contribution in [3.8, 4) is 11.6 Å². The Morgan fingerprint density at radius 3 is 2.48 bits per heavy atom. The Kier molecular flexibility index (Phi) is 10.7. The summed E-state index contributed by atoms with van der Waals surface area (Å²) in [5.41, 5.74) is -1.54. The van der Waals surface area contributed by atoms with Crippen LogP contribution in [-0.4, -0.2) is 99.8 Å². The van der Waals surface area contributed by atoms with Gasteiger partial charge in [0, 0.05) is 29.2 Å². The minimum Gasteiger partial charge on any atom is -0.491 e. The molecule has 14 nitrogen and oxygen atoms in total. The molecule has 6 aliphatic rings. The Labute approximate surface area is 340 Å². The zero-order valence-corrected chi connectivity index (χ0v) is 34.7. The molecule has 314 valence electrons. The van der Waals surface area contributed by atoms with Gasteiger partial charge in [-0.1, -0.05) is 51.1 Å². The standard InChI is InChI=1S/C43H57N5O9S/c1-5-16-56-35-23-44-38(33-13-9-8-12-32(33)35)57-31-21-34-37(49)45-43(40(51)46-58(54,55)42(4)14-15-42)22-29(43)11-7-6-10-25(2)17-26(3)36(39(50)47(34)24-31)48(41(52)53)30-19-27-18-28(27)20-30/h7-9,11-13,23,25-31,34,36H,5-6,10,14-22,24H2,1-4H3,(H,45,49)(H,46,51)(H,52,53)/b11-7-/t25-,26-,27+,28?,29-,30-,31-,34+,36+,43-/m1/s1. The summed E-state index contributed by atoms with van der Waals surface area (Å²) in [6.45, 7) is 8.13. The van der Waals surface area contributed by atoms with Crippen molar-refractivity contribution in [1.82, 2.24) is 24.8 Å². The van der Waals surface area contributed by atoms with Crippen LogP contribution in [0.25, 0.3) is 10.8 Å². The number of hydrogen-bond acceptors (Lipinski definition) is 9. The van der Waals surface area contributed by atoms with Gasteiger partial charge in [-0.15, -0.1) is 0 Å². The Hall–Kier alpha value is -4.40. The molecule has 4 saturated carbocycles. The third-order valence-corrected chi connectivity index (χ3v) is 16.0. The van der Waals surface area contributed by atoms with Crippen molar-refractivity contribution in [3.63, 3.8) is 0 Å².